The van der Waals surface area contributed by atoms with Crippen LogP contribution in [0.2, 0.25) is 0 Å². The molecular formula is C21H13F3N4O6. The zero-order valence-corrected chi connectivity index (χ0v) is 17.0. The van der Waals surface area contributed by atoms with E-state index in [1.54, 1.807) is 18.2 Å². The Labute approximate surface area is 187 Å². The lowest BCUT2D eigenvalue weighted by molar-refractivity contribution is -0.385. The molecule has 0 atom stereocenters. The number of H-pyrrole nitrogens is 1. The second-order valence-corrected chi connectivity index (χ2v) is 7.11. The van der Waals surface area contributed by atoms with Crippen molar-refractivity contribution in [3.05, 3.63) is 74.1 Å². The third-order valence-electron chi connectivity index (χ3n) is 4.95. The van der Waals surface area contributed by atoms with Crippen LogP contribution in [0.15, 0.2) is 51.8 Å². The first-order chi connectivity index (χ1) is 16.0. The Morgan fingerprint density at radius 2 is 1.79 bits per heavy atom. The number of hydrogen-bond acceptors (Lipinski definition) is 8. The van der Waals surface area contributed by atoms with Crippen molar-refractivity contribution in [3.63, 3.8) is 0 Å². The predicted octanol–water partition coefficient (Wildman–Crippen LogP) is 4.41. The van der Waals surface area contributed by atoms with Crippen LogP contribution in [0, 0.1) is 17.0 Å². The summed E-state index contributed by atoms with van der Waals surface area (Å²) in [5.74, 6) is -3.15. The zero-order valence-electron chi connectivity index (χ0n) is 17.0. The molecule has 0 amide bonds. The molecule has 0 saturated heterocycles. The third-order valence-corrected chi connectivity index (χ3v) is 4.95. The number of aromatic hydroxyl groups is 2. The van der Waals surface area contributed by atoms with Crippen LogP contribution in [0.25, 0.3) is 34.1 Å². The number of halogens is 3. The predicted molar refractivity (Wildman–Crippen MR) is 111 cm³/mol. The Bertz CT molecular complexity index is 1480. The van der Waals surface area contributed by atoms with E-state index >= 15 is 0 Å². The number of aromatic amines is 1. The molecule has 3 N–H and O–H groups in total. The average Bonchev–Trinajstić information content (AvgIpc) is 3.26. The molecule has 4 rings (SSSR count). The Balaban J connectivity index is 1.91. The smallest absolute Gasteiger partial charge is 0.432 e. The van der Waals surface area contributed by atoms with E-state index in [4.69, 9.17) is 4.52 Å². The van der Waals surface area contributed by atoms with Crippen molar-refractivity contribution in [3.8, 4) is 45.6 Å². The maximum Gasteiger partial charge on any atom is 0.432 e. The standard InChI is InChI=1S/C21H13F3N4O6/c1-9-15(10-5-3-2-4-6-10)25-18(21(22,23)24)14(16(9)30)19-26-20(34-27-19)11-7-12(28(32)33)17(31)13(29)8-11/h2-8,29,31H,1H3,(H,25,30). The van der Waals surface area contributed by atoms with Crippen LogP contribution in [0.5, 0.6) is 11.5 Å². The second-order valence-electron chi connectivity index (χ2n) is 7.11. The highest BCUT2D eigenvalue weighted by atomic mass is 19.4. The summed E-state index contributed by atoms with van der Waals surface area (Å²) in [7, 11) is 0. The fraction of sp³-hybridized carbons (Fsp3) is 0.0952. The van der Waals surface area contributed by atoms with Gasteiger partial charge in [0.15, 0.2) is 11.2 Å². The summed E-state index contributed by atoms with van der Waals surface area (Å²) in [4.78, 5) is 29.1. The van der Waals surface area contributed by atoms with E-state index in [9.17, 15) is 38.3 Å². The van der Waals surface area contributed by atoms with Crippen LogP contribution in [0.1, 0.15) is 11.3 Å². The highest BCUT2D eigenvalue weighted by molar-refractivity contribution is 5.72. The van der Waals surface area contributed by atoms with Gasteiger partial charge in [-0.15, -0.1) is 0 Å². The van der Waals surface area contributed by atoms with Crippen LogP contribution in [0.3, 0.4) is 0 Å². The number of rotatable bonds is 4. The maximum absolute atomic E-state index is 13.9. The van der Waals surface area contributed by atoms with Crippen molar-refractivity contribution in [2.75, 3.05) is 0 Å². The van der Waals surface area contributed by atoms with Crippen LogP contribution in [-0.4, -0.2) is 30.3 Å². The van der Waals surface area contributed by atoms with Crippen molar-refractivity contribution < 1.29 is 32.8 Å². The Morgan fingerprint density at radius 1 is 1.12 bits per heavy atom. The molecule has 0 aliphatic rings. The van der Waals surface area contributed by atoms with Crippen LogP contribution >= 0.6 is 0 Å². The molecule has 4 aromatic rings. The number of aromatic nitrogens is 3. The third kappa shape index (κ3) is 3.83. The van der Waals surface area contributed by atoms with Gasteiger partial charge in [-0.05, 0) is 18.6 Å². The number of hydrogen-bond donors (Lipinski definition) is 3. The molecule has 13 heteroatoms. The van der Waals surface area contributed by atoms with Gasteiger partial charge in [-0.25, -0.2) is 0 Å². The lowest BCUT2D eigenvalue weighted by atomic mass is 10.0. The van der Waals surface area contributed by atoms with Gasteiger partial charge < -0.3 is 19.7 Å². The number of nitrogens with zero attached hydrogens (tertiary/aromatic N) is 3. The van der Waals surface area contributed by atoms with E-state index in [1.807, 2.05) is 0 Å². The van der Waals surface area contributed by atoms with Crippen LogP contribution < -0.4 is 5.43 Å². The summed E-state index contributed by atoms with van der Waals surface area (Å²) in [5.41, 5.74) is -4.18. The van der Waals surface area contributed by atoms with E-state index in [0.29, 0.717) is 5.56 Å². The van der Waals surface area contributed by atoms with E-state index in [0.717, 1.165) is 12.1 Å². The molecule has 2 heterocycles. The number of pyridine rings is 1. The van der Waals surface area contributed by atoms with Gasteiger partial charge in [0.25, 0.3) is 5.89 Å². The van der Waals surface area contributed by atoms with Gasteiger partial charge in [-0.3, -0.25) is 14.9 Å². The molecule has 2 aromatic carbocycles. The summed E-state index contributed by atoms with van der Waals surface area (Å²) < 4.78 is 46.7. The van der Waals surface area contributed by atoms with E-state index in [1.165, 1.54) is 19.1 Å². The molecule has 2 aromatic heterocycles. The lowest BCUT2D eigenvalue weighted by Gasteiger charge is -2.15. The van der Waals surface area contributed by atoms with Crippen molar-refractivity contribution in [2.24, 2.45) is 0 Å². The molecule has 0 saturated carbocycles. The molecule has 34 heavy (non-hydrogen) atoms. The molecule has 0 fully saturated rings. The lowest BCUT2D eigenvalue weighted by Crippen LogP contribution is -2.21. The molecule has 0 unspecified atom stereocenters. The summed E-state index contributed by atoms with van der Waals surface area (Å²) in [5, 5.41) is 33.9. The number of nitro benzene ring substituents is 1. The first-order valence-corrected chi connectivity index (χ1v) is 9.43. The number of alkyl halides is 3. The van der Waals surface area contributed by atoms with Crippen LogP contribution in [-0.2, 0) is 6.18 Å². The van der Waals surface area contributed by atoms with Gasteiger partial charge in [-0.2, -0.15) is 18.2 Å². The Hall–Kier alpha value is -4.68. The fourth-order valence-electron chi connectivity index (χ4n) is 3.32. The van der Waals surface area contributed by atoms with E-state index < -0.39 is 56.7 Å². The minimum Gasteiger partial charge on any atom is -0.504 e. The molecule has 174 valence electrons. The normalized spacial score (nSPS) is 11.5. The summed E-state index contributed by atoms with van der Waals surface area (Å²) in [6.45, 7) is 1.34. The van der Waals surface area contributed by atoms with Crippen molar-refractivity contribution in [1.29, 1.82) is 0 Å². The molecule has 0 bridgehead atoms. The van der Waals surface area contributed by atoms with Crippen LogP contribution in [0.4, 0.5) is 18.9 Å². The monoisotopic (exact) mass is 474 g/mol. The number of nitrogens with one attached hydrogen (secondary N) is 1. The second kappa shape index (κ2) is 8.03. The minimum absolute atomic E-state index is 0.0292. The summed E-state index contributed by atoms with van der Waals surface area (Å²) in [6.07, 6.45) is -5.00. The van der Waals surface area contributed by atoms with E-state index in [-0.39, 0.29) is 16.8 Å². The van der Waals surface area contributed by atoms with Gasteiger partial charge >= 0.3 is 11.9 Å². The maximum atomic E-state index is 13.9. The number of nitro groups is 1. The first-order valence-electron chi connectivity index (χ1n) is 9.43. The van der Waals surface area contributed by atoms with E-state index in [2.05, 4.69) is 15.1 Å². The molecule has 0 spiro atoms. The average molecular weight is 474 g/mol. The highest BCUT2D eigenvalue weighted by Gasteiger charge is 2.39. The summed E-state index contributed by atoms with van der Waals surface area (Å²) >= 11 is 0. The first kappa shape index (κ1) is 22.5. The van der Waals surface area contributed by atoms with Gasteiger partial charge in [0.1, 0.15) is 5.69 Å². The van der Waals surface area contributed by atoms with Crippen molar-refractivity contribution in [1.82, 2.24) is 15.1 Å². The highest BCUT2D eigenvalue weighted by Crippen LogP contribution is 2.40. The number of benzene rings is 2. The topological polar surface area (TPSA) is 155 Å². The van der Waals surface area contributed by atoms with Gasteiger partial charge in [-0.1, -0.05) is 35.5 Å². The van der Waals surface area contributed by atoms with Crippen molar-refractivity contribution >= 4 is 5.69 Å². The number of phenolic OH excluding ortho intramolecular Hbond substituents is 2. The SMILES string of the molecule is Cc1c(-c2ccccc2)[nH]c(C(F)(F)F)c(-c2noc(-c3cc(O)c(O)c([N+](=O)[O-])c3)n2)c1=O. The Morgan fingerprint density at radius 3 is 2.41 bits per heavy atom. The Kier molecular flexibility index (Phi) is 5.31. The molecule has 10 nitrogen and oxygen atoms in total. The van der Waals surface area contributed by atoms with Crippen molar-refractivity contribution in [2.45, 2.75) is 13.1 Å². The fourth-order valence-corrected chi connectivity index (χ4v) is 3.32. The van der Waals surface area contributed by atoms with Gasteiger partial charge in [0.2, 0.25) is 11.6 Å². The molecule has 0 aliphatic carbocycles. The quantitative estimate of drug-likeness (QED) is 0.223. The van der Waals surface area contributed by atoms with Gasteiger partial charge in [0, 0.05) is 11.6 Å². The van der Waals surface area contributed by atoms with Gasteiger partial charge in [0.05, 0.1) is 21.7 Å². The largest absolute Gasteiger partial charge is 0.504 e. The zero-order chi connectivity index (χ0) is 24.8. The molecular weight excluding hydrogens is 461 g/mol. The number of phenols is 2. The minimum atomic E-state index is -5.00. The molecule has 0 aliphatic heterocycles. The summed E-state index contributed by atoms with van der Waals surface area (Å²) in [6, 6.07) is 9.58. The molecule has 0 radical (unpaired) electrons.